The average Bonchev–Trinajstić information content (AvgIpc) is 2.48. The number of hydrogen-bond acceptors (Lipinski definition) is 5. The Bertz CT molecular complexity index is 732. The molecule has 0 saturated carbocycles. The first-order chi connectivity index (χ1) is 9.55. The topological polar surface area (TPSA) is 92.1 Å². The van der Waals surface area contributed by atoms with Crippen molar-refractivity contribution >= 4 is 15.7 Å². The normalized spacial score (nSPS) is 10.6. The van der Waals surface area contributed by atoms with Crippen LogP contribution in [0.4, 0.5) is 5.69 Å². The zero-order valence-corrected chi connectivity index (χ0v) is 11.4. The molecule has 0 unspecified atom stereocenters. The molecule has 2 aromatic rings. The van der Waals surface area contributed by atoms with E-state index in [2.05, 4.69) is 9.71 Å². The van der Waals surface area contributed by atoms with E-state index in [9.17, 15) is 8.42 Å². The van der Waals surface area contributed by atoms with Crippen LogP contribution in [-0.4, -0.2) is 20.5 Å². The molecular weight excluding hydrogens is 278 g/mol. The Kier molecular flexibility index (Phi) is 3.86. The minimum Gasteiger partial charge on any atom is -0.481 e. The van der Waals surface area contributed by atoms with E-state index in [1.54, 1.807) is 12.1 Å². The van der Waals surface area contributed by atoms with Gasteiger partial charge in [0.2, 0.25) is 5.88 Å². The molecule has 0 fully saturated rings. The van der Waals surface area contributed by atoms with Crippen LogP contribution in [0.25, 0.3) is 0 Å². The van der Waals surface area contributed by atoms with Crippen LogP contribution >= 0.6 is 0 Å². The summed E-state index contributed by atoms with van der Waals surface area (Å²) in [6.07, 6.45) is 1.36. The number of nitrogens with zero attached hydrogens (tertiary/aromatic N) is 2. The van der Waals surface area contributed by atoms with Crippen LogP contribution in [0.15, 0.2) is 47.5 Å². The summed E-state index contributed by atoms with van der Waals surface area (Å²) >= 11 is 0. The summed E-state index contributed by atoms with van der Waals surface area (Å²) in [5.74, 6) is 0.395. The molecule has 0 atom stereocenters. The van der Waals surface area contributed by atoms with Gasteiger partial charge in [0, 0.05) is 6.07 Å². The van der Waals surface area contributed by atoms with E-state index < -0.39 is 10.0 Å². The van der Waals surface area contributed by atoms with Crippen molar-refractivity contribution in [3.05, 3.63) is 48.2 Å². The van der Waals surface area contributed by atoms with Gasteiger partial charge in [-0.05, 0) is 30.3 Å². The van der Waals surface area contributed by atoms with Gasteiger partial charge in [0.05, 0.1) is 35.5 Å². The summed E-state index contributed by atoms with van der Waals surface area (Å²) in [6.45, 7) is 0. The summed E-state index contributed by atoms with van der Waals surface area (Å²) in [5, 5.41) is 8.68. The zero-order chi connectivity index (χ0) is 14.6. The zero-order valence-electron chi connectivity index (χ0n) is 10.6. The monoisotopic (exact) mass is 289 g/mol. The number of ether oxygens (including phenoxy) is 1. The predicted molar refractivity (Wildman–Crippen MR) is 72.8 cm³/mol. The summed E-state index contributed by atoms with van der Waals surface area (Å²) in [4.78, 5) is 3.99. The molecule has 102 valence electrons. The number of hydrogen-bond donors (Lipinski definition) is 1. The van der Waals surface area contributed by atoms with Gasteiger partial charge in [0.25, 0.3) is 10.0 Å². The minimum absolute atomic E-state index is 0.0762. The second-order valence-corrected chi connectivity index (χ2v) is 5.51. The smallest absolute Gasteiger partial charge is 0.261 e. The van der Waals surface area contributed by atoms with Crippen molar-refractivity contribution in [1.82, 2.24) is 4.98 Å². The highest BCUT2D eigenvalue weighted by atomic mass is 32.2. The Morgan fingerprint density at radius 3 is 2.40 bits per heavy atom. The van der Waals surface area contributed by atoms with E-state index in [0.717, 1.165) is 0 Å². The lowest BCUT2D eigenvalue weighted by atomic mass is 10.2. The first-order valence-electron chi connectivity index (χ1n) is 5.58. The Labute approximate surface area is 116 Å². The van der Waals surface area contributed by atoms with Crippen LogP contribution in [0, 0.1) is 11.3 Å². The number of aromatic nitrogens is 1. The quantitative estimate of drug-likeness (QED) is 0.926. The second-order valence-electron chi connectivity index (χ2n) is 3.83. The SMILES string of the molecule is COc1ccc(NS(=O)(=O)c2ccc(C#N)cc2)cn1. The Morgan fingerprint density at radius 1 is 1.20 bits per heavy atom. The van der Waals surface area contributed by atoms with Crippen LogP contribution < -0.4 is 9.46 Å². The third-order valence-corrected chi connectivity index (χ3v) is 3.89. The molecule has 2 rings (SSSR count). The molecule has 1 aromatic carbocycles. The number of anilines is 1. The largest absolute Gasteiger partial charge is 0.481 e. The van der Waals surface area contributed by atoms with Gasteiger partial charge in [-0.25, -0.2) is 13.4 Å². The molecule has 0 spiro atoms. The van der Waals surface area contributed by atoms with Gasteiger partial charge < -0.3 is 4.74 Å². The van der Waals surface area contributed by atoms with Crippen molar-refractivity contribution in [3.63, 3.8) is 0 Å². The van der Waals surface area contributed by atoms with Crippen LogP contribution in [0.1, 0.15) is 5.56 Å². The second kappa shape index (κ2) is 5.59. The number of nitrogens with one attached hydrogen (secondary N) is 1. The Balaban J connectivity index is 2.23. The number of sulfonamides is 1. The molecule has 0 aliphatic rings. The maximum atomic E-state index is 12.1. The summed E-state index contributed by atoms with van der Waals surface area (Å²) < 4.78 is 31.5. The van der Waals surface area contributed by atoms with E-state index in [-0.39, 0.29) is 4.90 Å². The average molecular weight is 289 g/mol. The van der Waals surface area contributed by atoms with Gasteiger partial charge in [-0.3, -0.25) is 4.72 Å². The lowest BCUT2D eigenvalue weighted by Crippen LogP contribution is -2.13. The standard InChI is InChI=1S/C13H11N3O3S/c1-19-13-7-4-11(9-15-13)16-20(17,18)12-5-2-10(8-14)3-6-12/h2-7,9,16H,1H3. The molecule has 0 aliphatic heterocycles. The first-order valence-corrected chi connectivity index (χ1v) is 7.06. The van der Waals surface area contributed by atoms with Gasteiger partial charge >= 0.3 is 0 Å². The summed E-state index contributed by atoms with van der Waals surface area (Å²) in [7, 11) is -2.22. The molecule has 1 aromatic heterocycles. The maximum Gasteiger partial charge on any atom is 0.261 e. The van der Waals surface area contributed by atoms with Crippen molar-refractivity contribution in [2.45, 2.75) is 4.90 Å². The highest BCUT2D eigenvalue weighted by Crippen LogP contribution is 2.17. The predicted octanol–water partition coefficient (Wildman–Crippen LogP) is 1.76. The summed E-state index contributed by atoms with van der Waals surface area (Å²) in [6, 6.07) is 10.7. The molecule has 1 N–H and O–H groups in total. The first kappa shape index (κ1) is 13.8. The van der Waals surface area contributed by atoms with E-state index in [0.29, 0.717) is 17.1 Å². The van der Waals surface area contributed by atoms with E-state index in [4.69, 9.17) is 10.00 Å². The van der Waals surface area contributed by atoms with Crippen LogP contribution in [-0.2, 0) is 10.0 Å². The maximum absolute atomic E-state index is 12.1. The number of nitriles is 1. The van der Waals surface area contributed by atoms with Crippen molar-refractivity contribution in [2.75, 3.05) is 11.8 Å². The minimum atomic E-state index is -3.70. The Morgan fingerprint density at radius 2 is 1.90 bits per heavy atom. The molecule has 6 nitrogen and oxygen atoms in total. The number of benzene rings is 1. The number of methoxy groups -OCH3 is 1. The molecule has 20 heavy (non-hydrogen) atoms. The molecule has 0 amide bonds. The fraction of sp³-hybridized carbons (Fsp3) is 0.0769. The van der Waals surface area contributed by atoms with Crippen LogP contribution in [0.2, 0.25) is 0 Å². The molecular formula is C13H11N3O3S. The highest BCUT2D eigenvalue weighted by molar-refractivity contribution is 7.92. The molecule has 0 bridgehead atoms. The molecule has 7 heteroatoms. The lowest BCUT2D eigenvalue weighted by Gasteiger charge is -2.08. The van der Waals surface area contributed by atoms with Crippen molar-refractivity contribution in [1.29, 1.82) is 5.26 Å². The van der Waals surface area contributed by atoms with Crippen LogP contribution in [0.5, 0.6) is 5.88 Å². The molecule has 1 heterocycles. The fourth-order valence-corrected chi connectivity index (χ4v) is 2.53. The highest BCUT2D eigenvalue weighted by Gasteiger charge is 2.14. The van der Waals surface area contributed by atoms with Gasteiger partial charge in [-0.15, -0.1) is 0 Å². The third kappa shape index (κ3) is 3.05. The van der Waals surface area contributed by atoms with E-state index in [1.165, 1.54) is 37.6 Å². The van der Waals surface area contributed by atoms with Crippen molar-refractivity contribution < 1.29 is 13.2 Å². The van der Waals surface area contributed by atoms with Gasteiger partial charge in [-0.2, -0.15) is 5.26 Å². The Hall–Kier alpha value is -2.59. The van der Waals surface area contributed by atoms with Crippen molar-refractivity contribution in [2.24, 2.45) is 0 Å². The van der Waals surface area contributed by atoms with E-state index >= 15 is 0 Å². The van der Waals surface area contributed by atoms with Gasteiger partial charge in [0.15, 0.2) is 0 Å². The van der Waals surface area contributed by atoms with Crippen LogP contribution in [0.3, 0.4) is 0 Å². The molecule has 0 radical (unpaired) electrons. The van der Waals surface area contributed by atoms with E-state index in [1.807, 2.05) is 6.07 Å². The third-order valence-electron chi connectivity index (χ3n) is 2.49. The number of pyridine rings is 1. The number of rotatable bonds is 4. The summed E-state index contributed by atoms with van der Waals surface area (Å²) in [5.41, 5.74) is 0.727. The molecule has 0 aliphatic carbocycles. The van der Waals surface area contributed by atoms with Gasteiger partial charge in [0.1, 0.15) is 0 Å². The molecule has 0 saturated heterocycles. The lowest BCUT2D eigenvalue weighted by molar-refractivity contribution is 0.398. The van der Waals surface area contributed by atoms with Crippen molar-refractivity contribution in [3.8, 4) is 11.9 Å². The van der Waals surface area contributed by atoms with Gasteiger partial charge in [-0.1, -0.05) is 0 Å². The fourth-order valence-electron chi connectivity index (χ4n) is 1.48.